The Morgan fingerprint density at radius 3 is 2.80 bits per heavy atom. The van der Waals surface area contributed by atoms with Crippen LogP contribution in [0.5, 0.6) is 0 Å². The molecule has 0 atom stereocenters. The highest BCUT2D eigenvalue weighted by molar-refractivity contribution is 14.1. The summed E-state index contributed by atoms with van der Waals surface area (Å²) in [6.45, 7) is -0.316. The topological polar surface area (TPSA) is 17.8 Å². The summed E-state index contributed by atoms with van der Waals surface area (Å²) in [6, 6.07) is 0. The third-order valence-corrected chi connectivity index (χ3v) is 1.48. The Morgan fingerprint density at radius 1 is 1.70 bits per heavy atom. The second kappa shape index (κ2) is 3.27. The lowest BCUT2D eigenvalue weighted by Crippen LogP contribution is -2.06. The number of nitrogens with zero attached hydrogens (tertiary/aromatic N) is 2. The van der Waals surface area contributed by atoms with Gasteiger partial charge in [-0.15, -0.1) is 0 Å². The van der Waals surface area contributed by atoms with Gasteiger partial charge in [0.1, 0.15) is 6.54 Å². The van der Waals surface area contributed by atoms with Crippen LogP contribution in [0.15, 0.2) is 12.4 Å². The fraction of sp³-hybridized carbons (Fsp3) is 0.400. The number of halogens is 3. The van der Waals surface area contributed by atoms with Gasteiger partial charge in [-0.3, -0.25) is 4.68 Å². The highest BCUT2D eigenvalue weighted by Gasteiger charge is 2.03. The summed E-state index contributed by atoms with van der Waals surface area (Å²) in [5.41, 5.74) is 0. The lowest BCUT2D eigenvalue weighted by molar-refractivity contribution is 0.122. The fourth-order valence-corrected chi connectivity index (χ4v) is 1.03. The molecule has 0 radical (unpaired) electrons. The highest BCUT2D eigenvalue weighted by Crippen LogP contribution is 2.03. The predicted octanol–water partition coefficient (Wildman–Crippen LogP) is 1.75. The Morgan fingerprint density at radius 2 is 2.40 bits per heavy atom. The molecule has 10 heavy (non-hydrogen) atoms. The van der Waals surface area contributed by atoms with Crippen molar-refractivity contribution in [2.75, 3.05) is 0 Å². The van der Waals surface area contributed by atoms with E-state index in [2.05, 4.69) is 5.10 Å². The van der Waals surface area contributed by atoms with Crippen LogP contribution >= 0.6 is 22.6 Å². The molecule has 0 aliphatic rings. The highest BCUT2D eigenvalue weighted by atomic mass is 127. The van der Waals surface area contributed by atoms with Crippen LogP contribution in [0.2, 0.25) is 0 Å². The first-order chi connectivity index (χ1) is 4.68. The summed E-state index contributed by atoms with van der Waals surface area (Å²) in [6.07, 6.45) is 0.797. The molecule has 0 N–H and O–H groups in total. The zero-order valence-electron chi connectivity index (χ0n) is 4.97. The van der Waals surface area contributed by atoms with Gasteiger partial charge in [0.2, 0.25) is 0 Å². The summed E-state index contributed by atoms with van der Waals surface area (Å²) in [5, 5.41) is 3.69. The van der Waals surface area contributed by atoms with Crippen molar-refractivity contribution in [3.05, 3.63) is 16.0 Å². The van der Waals surface area contributed by atoms with Crippen LogP contribution in [0.25, 0.3) is 0 Å². The Labute approximate surface area is 70.4 Å². The number of rotatable bonds is 2. The molecule has 1 heterocycles. The second-order valence-corrected chi connectivity index (χ2v) is 3.02. The molecule has 1 aromatic heterocycles. The standard InChI is InChI=1S/C5H5F2IN2/c6-5(7)3-10-2-4(8)1-9-10/h1-2,5H,3H2. The van der Waals surface area contributed by atoms with Crippen LogP contribution in [0.3, 0.4) is 0 Å². The fourth-order valence-electron chi connectivity index (χ4n) is 0.580. The van der Waals surface area contributed by atoms with Crippen LogP contribution in [-0.4, -0.2) is 16.2 Å². The normalized spacial score (nSPS) is 10.8. The minimum Gasteiger partial charge on any atom is -0.266 e. The van der Waals surface area contributed by atoms with Crippen LogP contribution < -0.4 is 0 Å². The van der Waals surface area contributed by atoms with Crippen molar-refractivity contribution in [2.45, 2.75) is 13.0 Å². The van der Waals surface area contributed by atoms with Gasteiger partial charge in [-0.05, 0) is 22.6 Å². The summed E-state index contributed by atoms with van der Waals surface area (Å²) in [5.74, 6) is 0. The lowest BCUT2D eigenvalue weighted by atomic mass is 10.7. The quantitative estimate of drug-likeness (QED) is 0.739. The Bertz CT molecular complexity index is 211. The molecule has 2 nitrogen and oxygen atoms in total. The van der Waals surface area contributed by atoms with Crippen LogP contribution in [0.1, 0.15) is 0 Å². The van der Waals surface area contributed by atoms with Crippen molar-refractivity contribution < 1.29 is 8.78 Å². The Hall–Kier alpha value is -0.200. The molecule has 0 saturated carbocycles. The van der Waals surface area contributed by atoms with Gasteiger partial charge in [0.15, 0.2) is 0 Å². The van der Waals surface area contributed by atoms with Crippen molar-refractivity contribution in [2.24, 2.45) is 0 Å². The predicted molar refractivity (Wildman–Crippen MR) is 40.9 cm³/mol. The summed E-state index contributed by atoms with van der Waals surface area (Å²) in [7, 11) is 0. The maximum atomic E-state index is 11.7. The summed E-state index contributed by atoms with van der Waals surface area (Å²) in [4.78, 5) is 0. The molecular weight excluding hydrogens is 253 g/mol. The van der Waals surface area contributed by atoms with Gasteiger partial charge < -0.3 is 0 Å². The first-order valence-corrected chi connectivity index (χ1v) is 3.72. The van der Waals surface area contributed by atoms with Gasteiger partial charge in [0.25, 0.3) is 6.43 Å². The third kappa shape index (κ3) is 2.20. The Kier molecular flexibility index (Phi) is 2.58. The van der Waals surface area contributed by atoms with Gasteiger partial charge in [-0.2, -0.15) is 5.10 Å². The van der Waals surface area contributed by atoms with Gasteiger partial charge in [0, 0.05) is 6.20 Å². The van der Waals surface area contributed by atoms with Crippen molar-refractivity contribution >= 4 is 22.6 Å². The number of aromatic nitrogens is 2. The maximum absolute atomic E-state index is 11.7. The van der Waals surface area contributed by atoms with E-state index in [-0.39, 0.29) is 6.54 Å². The SMILES string of the molecule is FC(F)Cn1cc(I)cn1. The molecule has 0 bridgehead atoms. The number of hydrogen-bond donors (Lipinski definition) is 0. The van der Waals surface area contributed by atoms with Crippen LogP contribution in [0.4, 0.5) is 8.78 Å². The van der Waals surface area contributed by atoms with E-state index in [1.807, 2.05) is 22.6 Å². The van der Waals surface area contributed by atoms with Crippen molar-refractivity contribution in [1.29, 1.82) is 0 Å². The molecule has 0 saturated heterocycles. The van der Waals surface area contributed by atoms with E-state index in [9.17, 15) is 8.78 Å². The molecule has 56 valence electrons. The first kappa shape index (κ1) is 7.90. The average molecular weight is 258 g/mol. The lowest BCUT2D eigenvalue weighted by Gasteiger charge is -1.96. The molecule has 5 heteroatoms. The summed E-state index contributed by atoms with van der Waals surface area (Å²) >= 11 is 2.02. The van der Waals surface area contributed by atoms with Gasteiger partial charge in [0.05, 0.1) is 9.77 Å². The molecule has 1 aromatic rings. The molecular formula is C5H5F2IN2. The largest absolute Gasteiger partial charge is 0.266 e. The molecule has 0 amide bonds. The van der Waals surface area contributed by atoms with E-state index >= 15 is 0 Å². The minimum atomic E-state index is -2.32. The molecule has 0 aliphatic carbocycles. The maximum Gasteiger partial charge on any atom is 0.257 e. The molecule has 0 aromatic carbocycles. The molecule has 0 aliphatic heterocycles. The minimum absolute atomic E-state index is 0.316. The van der Waals surface area contributed by atoms with Gasteiger partial charge >= 0.3 is 0 Å². The van der Waals surface area contributed by atoms with Crippen LogP contribution in [0, 0.1) is 3.57 Å². The van der Waals surface area contributed by atoms with E-state index in [1.165, 1.54) is 4.68 Å². The van der Waals surface area contributed by atoms with E-state index < -0.39 is 6.43 Å². The van der Waals surface area contributed by atoms with E-state index in [1.54, 1.807) is 12.4 Å². The van der Waals surface area contributed by atoms with E-state index in [0.29, 0.717) is 0 Å². The third-order valence-electron chi connectivity index (χ3n) is 0.927. The first-order valence-electron chi connectivity index (χ1n) is 2.64. The van der Waals surface area contributed by atoms with Crippen molar-refractivity contribution in [1.82, 2.24) is 9.78 Å². The molecule has 0 fully saturated rings. The van der Waals surface area contributed by atoms with Crippen LogP contribution in [-0.2, 0) is 6.54 Å². The zero-order valence-corrected chi connectivity index (χ0v) is 7.12. The monoisotopic (exact) mass is 258 g/mol. The van der Waals surface area contributed by atoms with Gasteiger partial charge in [-0.1, -0.05) is 0 Å². The Balaban J connectivity index is 2.58. The molecule has 0 unspecified atom stereocenters. The average Bonchev–Trinajstić information content (AvgIpc) is 2.13. The second-order valence-electron chi connectivity index (χ2n) is 1.77. The number of hydrogen-bond acceptors (Lipinski definition) is 1. The van der Waals surface area contributed by atoms with Gasteiger partial charge in [-0.25, -0.2) is 8.78 Å². The molecule has 0 spiro atoms. The number of alkyl halides is 2. The van der Waals surface area contributed by atoms with E-state index in [4.69, 9.17) is 0 Å². The smallest absolute Gasteiger partial charge is 0.257 e. The molecule has 1 rings (SSSR count). The zero-order chi connectivity index (χ0) is 7.56. The summed E-state index contributed by atoms with van der Waals surface area (Å²) < 4.78 is 25.4. The van der Waals surface area contributed by atoms with Crippen molar-refractivity contribution in [3.63, 3.8) is 0 Å². The van der Waals surface area contributed by atoms with E-state index in [0.717, 1.165) is 3.57 Å². The van der Waals surface area contributed by atoms with Crippen molar-refractivity contribution in [3.8, 4) is 0 Å².